The molecule has 4 N–H and O–H groups in total. The second kappa shape index (κ2) is 5.40. The summed E-state index contributed by atoms with van der Waals surface area (Å²) in [5.74, 6) is 0.523. The Morgan fingerprint density at radius 3 is 2.79 bits per heavy atom. The van der Waals surface area contributed by atoms with Gasteiger partial charge >= 0.3 is 5.97 Å². The van der Waals surface area contributed by atoms with Gasteiger partial charge in [-0.05, 0) is 30.0 Å². The molecule has 19 heavy (non-hydrogen) atoms. The van der Waals surface area contributed by atoms with E-state index in [2.05, 4.69) is 23.8 Å². The Hall–Kier alpha value is -1.88. The van der Waals surface area contributed by atoms with Crippen molar-refractivity contribution in [3.8, 4) is 0 Å². The number of benzene rings is 1. The highest BCUT2D eigenvalue weighted by Gasteiger charge is 2.13. The van der Waals surface area contributed by atoms with Gasteiger partial charge in [-0.2, -0.15) is 0 Å². The van der Waals surface area contributed by atoms with Crippen LogP contribution in [-0.4, -0.2) is 27.1 Å². The lowest BCUT2D eigenvalue weighted by molar-refractivity contribution is -0.138. The van der Waals surface area contributed by atoms with Crippen molar-refractivity contribution in [1.29, 1.82) is 0 Å². The molecule has 5 heteroatoms. The van der Waals surface area contributed by atoms with Gasteiger partial charge in [0.15, 0.2) is 0 Å². The van der Waals surface area contributed by atoms with Gasteiger partial charge in [-0.25, -0.2) is 4.98 Å². The van der Waals surface area contributed by atoms with Gasteiger partial charge in [0, 0.05) is 6.42 Å². The maximum atomic E-state index is 10.7. The van der Waals surface area contributed by atoms with E-state index in [0.717, 1.165) is 28.8 Å². The van der Waals surface area contributed by atoms with Crippen molar-refractivity contribution in [1.82, 2.24) is 9.97 Å². The van der Waals surface area contributed by atoms with E-state index in [1.807, 2.05) is 18.2 Å². The Morgan fingerprint density at radius 1 is 1.42 bits per heavy atom. The van der Waals surface area contributed by atoms with Crippen LogP contribution in [0.1, 0.15) is 25.2 Å². The van der Waals surface area contributed by atoms with E-state index in [9.17, 15) is 4.79 Å². The molecule has 5 nitrogen and oxygen atoms in total. The summed E-state index contributed by atoms with van der Waals surface area (Å²) in [7, 11) is 0. The largest absolute Gasteiger partial charge is 0.480 e. The molecular weight excluding hydrogens is 242 g/mol. The molecule has 0 fully saturated rings. The first kappa shape index (κ1) is 13.5. The monoisotopic (exact) mass is 261 g/mol. The van der Waals surface area contributed by atoms with Crippen LogP contribution in [0.2, 0.25) is 0 Å². The maximum absolute atomic E-state index is 10.7. The molecule has 0 saturated carbocycles. The van der Waals surface area contributed by atoms with E-state index >= 15 is 0 Å². The molecule has 102 valence electrons. The molecule has 1 aromatic carbocycles. The van der Waals surface area contributed by atoms with Crippen LogP contribution in [-0.2, 0) is 17.6 Å². The summed E-state index contributed by atoms with van der Waals surface area (Å²) >= 11 is 0. The molecule has 0 saturated heterocycles. The van der Waals surface area contributed by atoms with Crippen LogP contribution in [0.25, 0.3) is 11.0 Å². The van der Waals surface area contributed by atoms with Crippen LogP contribution in [0.4, 0.5) is 0 Å². The van der Waals surface area contributed by atoms with Crippen molar-refractivity contribution >= 4 is 17.0 Å². The third-order valence-corrected chi connectivity index (χ3v) is 2.97. The second-order valence-corrected chi connectivity index (χ2v) is 5.28. The van der Waals surface area contributed by atoms with Gasteiger partial charge in [-0.1, -0.05) is 19.9 Å². The van der Waals surface area contributed by atoms with Crippen molar-refractivity contribution in [3.05, 3.63) is 29.6 Å². The van der Waals surface area contributed by atoms with Gasteiger partial charge in [0.05, 0.1) is 11.0 Å². The number of nitrogens with one attached hydrogen (secondary N) is 1. The highest BCUT2D eigenvalue weighted by atomic mass is 16.4. The number of carboxylic acid groups (broad SMARTS) is 1. The molecule has 1 unspecified atom stereocenters. The zero-order chi connectivity index (χ0) is 14.0. The number of H-pyrrole nitrogens is 1. The van der Waals surface area contributed by atoms with E-state index in [-0.39, 0.29) is 0 Å². The van der Waals surface area contributed by atoms with Crippen molar-refractivity contribution in [2.75, 3.05) is 0 Å². The zero-order valence-electron chi connectivity index (χ0n) is 11.2. The van der Waals surface area contributed by atoms with Crippen molar-refractivity contribution < 1.29 is 9.90 Å². The number of nitrogens with zero attached hydrogens (tertiary/aromatic N) is 1. The number of nitrogens with two attached hydrogens (primary N) is 1. The second-order valence-electron chi connectivity index (χ2n) is 5.28. The van der Waals surface area contributed by atoms with Crippen LogP contribution >= 0.6 is 0 Å². The molecular formula is C14H19N3O2. The number of imidazole rings is 1. The van der Waals surface area contributed by atoms with Gasteiger partial charge in [0.1, 0.15) is 11.9 Å². The predicted octanol–water partition coefficient (Wildman–Crippen LogP) is 1.72. The number of fused-ring (bicyclic) bond motifs is 1. The minimum Gasteiger partial charge on any atom is -0.480 e. The lowest BCUT2D eigenvalue weighted by Crippen LogP contribution is -2.32. The summed E-state index contributed by atoms with van der Waals surface area (Å²) in [6.07, 6.45) is 1.22. The summed E-state index contributed by atoms with van der Waals surface area (Å²) in [5, 5.41) is 8.81. The van der Waals surface area contributed by atoms with E-state index in [0.29, 0.717) is 12.3 Å². The van der Waals surface area contributed by atoms with E-state index < -0.39 is 12.0 Å². The molecule has 1 heterocycles. The van der Waals surface area contributed by atoms with E-state index in [4.69, 9.17) is 10.8 Å². The topological polar surface area (TPSA) is 92.0 Å². The number of aliphatic carboxylic acids is 1. The maximum Gasteiger partial charge on any atom is 0.320 e. The van der Waals surface area contributed by atoms with Gasteiger partial charge in [0.2, 0.25) is 0 Å². The fraction of sp³-hybridized carbons (Fsp3) is 0.429. The third kappa shape index (κ3) is 3.32. The Labute approximate surface area is 111 Å². The number of aromatic nitrogens is 2. The standard InChI is InChI=1S/C14H19N3O2/c1-8(2)5-13-16-11-4-3-9(7-12(11)17-13)6-10(15)14(18)19/h3-4,7-8,10H,5-6,15H2,1-2H3,(H,16,17)(H,18,19). The van der Waals surface area contributed by atoms with Crippen LogP contribution < -0.4 is 5.73 Å². The molecule has 2 rings (SSSR count). The lowest BCUT2D eigenvalue weighted by atomic mass is 10.1. The number of aromatic amines is 1. The van der Waals surface area contributed by atoms with Crippen molar-refractivity contribution in [3.63, 3.8) is 0 Å². The Morgan fingerprint density at radius 2 is 2.16 bits per heavy atom. The number of carbonyl (C=O) groups is 1. The van der Waals surface area contributed by atoms with Crippen LogP contribution in [0.3, 0.4) is 0 Å². The van der Waals surface area contributed by atoms with Crippen LogP contribution in [0.5, 0.6) is 0 Å². The number of rotatable bonds is 5. The first-order chi connectivity index (χ1) is 8.95. The molecule has 2 aromatic rings. The number of carboxylic acids is 1. The first-order valence-corrected chi connectivity index (χ1v) is 6.41. The average molecular weight is 261 g/mol. The highest BCUT2D eigenvalue weighted by Crippen LogP contribution is 2.16. The fourth-order valence-corrected chi connectivity index (χ4v) is 2.06. The Kier molecular flexibility index (Phi) is 3.85. The molecule has 0 bridgehead atoms. The third-order valence-electron chi connectivity index (χ3n) is 2.97. The average Bonchev–Trinajstić information content (AvgIpc) is 2.69. The summed E-state index contributed by atoms with van der Waals surface area (Å²) < 4.78 is 0. The molecule has 0 aliphatic heterocycles. The first-order valence-electron chi connectivity index (χ1n) is 6.41. The Bertz CT molecular complexity index is 589. The minimum atomic E-state index is -0.981. The molecule has 0 spiro atoms. The van der Waals surface area contributed by atoms with Crippen LogP contribution in [0, 0.1) is 5.92 Å². The molecule has 1 atom stereocenters. The summed E-state index contributed by atoms with van der Waals surface area (Å²) in [4.78, 5) is 18.5. The van der Waals surface area contributed by atoms with Gasteiger partial charge in [-0.3, -0.25) is 4.79 Å². The summed E-state index contributed by atoms with van der Waals surface area (Å²) in [6, 6.07) is 4.84. The number of hydrogen-bond acceptors (Lipinski definition) is 3. The SMILES string of the molecule is CC(C)Cc1nc2ccc(CC(N)C(=O)O)cc2[nH]1. The summed E-state index contributed by atoms with van der Waals surface area (Å²) in [5.41, 5.74) is 8.28. The molecule has 0 aliphatic carbocycles. The van der Waals surface area contributed by atoms with Crippen molar-refractivity contribution in [2.24, 2.45) is 11.7 Å². The number of hydrogen-bond donors (Lipinski definition) is 3. The molecule has 0 radical (unpaired) electrons. The highest BCUT2D eigenvalue weighted by molar-refractivity contribution is 5.77. The quantitative estimate of drug-likeness (QED) is 0.764. The van der Waals surface area contributed by atoms with Crippen LogP contribution in [0.15, 0.2) is 18.2 Å². The zero-order valence-corrected chi connectivity index (χ0v) is 11.2. The normalized spacial score (nSPS) is 13.1. The lowest BCUT2D eigenvalue weighted by Gasteiger charge is -2.05. The summed E-state index contributed by atoms with van der Waals surface area (Å²) in [6.45, 7) is 4.29. The molecule has 1 aromatic heterocycles. The van der Waals surface area contributed by atoms with Crippen molar-refractivity contribution in [2.45, 2.75) is 32.7 Å². The minimum absolute atomic E-state index is 0.323. The van der Waals surface area contributed by atoms with Gasteiger partial charge < -0.3 is 15.8 Å². The predicted molar refractivity (Wildman–Crippen MR) is 74.0 cm³/mol. The Balaban J connectivity index is 2.22. The molecule has 0 aliphatic rings. The van der Waals surface area contributed by atoms with E-state index in [1.54, 1.807) is 0 Å². The fourth-order valence-electron chi connectivity index (χ4n) is 2.06. The van der Waals surface area contributed by atoms with Gasteiger partial charge in [0.25, 0.3) is 0 Å². The van der Waals surface area contributed by atoms with E-state index in [1.165, 1.54) is 0 Å². The van der Waals surface area contributed by atoms with Gasteiger partial charge in [-0.15, -0.1) is 0 Å². The molecule has 0 amide bonds. The smallest absolute Gasteiger partial charge is 0.320 e.